The van der Waals surface area contributed by atoms with E-state index in [9.17, 15) is 0 Å². The number of ether oxygens (including phenoxy) is 1. The lowest BCUT2D eigenvalue weighted by Gasteiger charge is -2.43. The van der Waals surface area contributed by atoms with E-state index < -0.39 is 0 Å². The van der Waals surface area contributed by atoms with Gasteiger partial charge in [-0.05, 0) is 70.0 Å². The van der Waals surface area contributed by atoms with Gasteiger partial charge in [0, 0.05) is 34.1 Å². The van der Waals surface area contributed by atoms with Crippen molar-refractivity contribution in [2.24, 2.45) is 10.9 Å². The molecule has 0 amide bonds. The van der Waals surface area contributed by atoms with Crippen molar-refractivity contribution >= 4 is 17.1 Å². The number of aliphatic imine (C=N–C) groups is 1. The zero-order valence-corrected chi connectivity index (χ0v) is 31.0. The Kier molecular flexibility index (Phi) is 7.73. The van der Waals surface area contributed by atoms with Gasteiger partial charge >= 0.3 is 0 Å². The maximum atomic E-state index is 6.93. The first-order valence-corrected chi connectivity index (χ1v) is 19.8. The molecule has 6 aromatic carbocycles. The maximum absolute atomic E-state index is 6.93. The number of allylic oxidation sites excluding steroid dienone is 7. The molecule has 2 heterocycles. The van der Waals surface area contributed by atoms with Crippen molar-refractivity contribution < 1.29 is 4.74 Å². The molecular formula is C53H40N2O. The zero-order valence-electron chi connectivity index (χ0n) is 31.0. The van der Waals surface area contributed by atoms with Gasteiger partial charge in [0.05, 0.1) is 17.2 Å². The van der Waals surface area contributed by atoms with Crippen molar-refractivity contribution in [2.45, 2.75) is 30.2 Å². The van der Waals surface area contributed by atoms with Crippen LogP contribution >= 0.6 is 0 Å². The summed E-state index contributed by atoms with van der Waals surface area (Å²) >= 11 is 0. The van der Waals surface area contributed by atoms with Crippen LogP contribution in [0.5, 0.6) is 11.5 Å². The topological polar surface area (TPSA) is 33.6 Å². The van der Waals surface area contributed by atoms with Crippen molar-refractivity contribution in [3.63, 3.8) is 0 Å². The van der Waals surface area contributed by atoms with Crippen molar-refractivity contribution in [2.75, 3.05) is 0 Å². The fraction of sp³-hybridized carbons (Fsp3) is 0.113. The molecule has 0 radical (unpaired) electrons. The van der Waals surface area contributed by atoms with E-state index in [2.05, 4.69) is 200 Å². The summed E-state index contributed by atoms with van der Waals surface area (Å²) in [5.41, 5.74) is 14.1. The number of hydrogen-bond donors (Lipinski definition) is 1. The SMILES string of the molecule is C1=CC2c3ccccc3C3(c4ccccc4Oc4cc(C5=C(C6=NC(c7ccccc7-c7ccccc7)=CC(c7ccccc7)N6)CCC=C5)ccc43)C2C=C1. The van der Waals surface area contributed by atoms with Gasteiger partial charge in [-0.25, -0.2) is 4.99 Å². The number of para-hydroxylation sites is 1. The largest absolute Gasteiger partial charge is 0.457 e. The Labute approximate surface area is 328 Å². The van der Waals surface area contributed by atoms with Crippen LogP contribution in [0.2, 0.25) is 0 Å². The molecule has 11 rings (SSSR count). The van der Waals surface area contributed by atoms with Gasteiger partial charge in [0.1, 0.15) is 17.3 Å². The summed E-state index contributed by atoms with van der Waals surface area (Å²) in [4.78, 5) is 5.49. The number of nitrogens with zero attached hydrogens (tertiary/aromatic N) is 1. The smallest absolute Gasteiger partial charge is 0.132 e. The Hall–Kier alpha value is -6.71. The third-order valence-electron chi connectivity index (χ3n) is 12.4. The summed E-state index contributed by atoms with van der Waals surface area (Å²) in [6, 6.07) is 54.6. The predicted molar refractivity (Wildman–Crippen MR) is 229 cm³/mol. The van der Waals surface area contributed by atoms with E-state index >= 15 is 0 Å². The molecule has 0 saturated heterocycles. The monoisotopic (exact) mass is 720 g/mol. The Morgan fingerprint density at radius 3 is 2.21 bits per heavy atom. The Balaban J connectivity index is 1.07. The first kappa shape index (κ1) is 32.7. The maximum Gasteiger partial charge on any atom is 0.132 e. The van der Waals surface area contributed by atoms with E-state index in [1.807, 2.05) is 0 Å². The third-order valence-corrected chi connectivity index (χ3v) is 12.4. The molecule has 0 saturated carbocycles. The first-order chi connectivity index (χ1) is 27.8. The molecule has 0 aromatic heterocycles. The number of fused-ring (bicyclic) bond motifs is 9. The van der Waals surface area contributed by atoms with Crippen LogP contribution in [-0.4, -0.2) is 5.84 Å². The second-order valence-electron chi connectivity index (χ2n) is 15.3. The van der Waals surface area contributed by atoms with Crippen molar-refractivity contribution in [1.29, 1.82) is 0 Å². The molecule has 1 N–H and O–H groups in total. The van der Waals surface area contributed by atoms with Crippen molar-refractivity contribution in [3.05, 3.63) is 239 Å². The average Bonchev–Trinajstić information content (AvgIpc) is 3.57. The van der Waals surface area contributed by atoms with E-state index in [-0.39, 0.29) is 17.4 Å². The number of amidine groups is 1. The molecule has 2 aliphatic heterocycles. The second-order valence-corrected chi connectivity index (χ2v) is 15.3. The Bertz CT molecular complexity index is 2710. The quantitative estimate of drug-likeness (QED) is 0.192. The van der Waals surface area contributed by atoms with Gasteiger partial charge in [0.25, 0.3) is 0 Å². The standard InChI is InChI=1S/C53H40N2O/c1-3-17-35(18-4-1)38-21-7-9-25-42(38)49-34-48(36-19-5-2-6-20-36)54-52(55-49)43-26-10-8-22-39(43)37-31-32-47-51(33-37)56-50-30-16-15-29-46(50)53(47)44-27-13-11-23-40(44)41-24-12-14-28-45(41)53/h1-9,11-25,27-34,40,44,48H,10,26H2,(H,54,55). The summed E-state index contributed by atoms with van der Waals surface area (Å²) in [6.07, 6.45) is 17.9. The first-order valence-electron chi connectivity index (χ1n) is 19.8. The van der Waals surface area contributed by atoms with Gasteiger partial charge in [-0.1, -0.05) is 176 Å². The Morgan fingerprint density at radius 1 is 0.625 bits per heavy atom. The summed E-state index contributed by atoms with van der Waals surface area (Å²) < 4.78 is 6.93. The van der Waals surface area contributed by atoms with Crippen LogP contribution in [0.1, 0.15) is 63.7 Å². The highest BCUT2D eigenvalue weighted by atomic mass is 16.5. The predicted octanol–water partition coefficient (Wildman–Crippen LogP) is 12.5. The highest BCUT2D eigenvalue weighted by Crippen LogP contribution is 2.64. The van der Waals surface area contributed by atoms with Crippen LogP contribution in [0.3, 0.4) is 0 Å². The summed E-state index contributed by atoms with van der Waals surface area (Å²) in [6.45, 7) is 0. The van der Waals surface area contributed by atoms with Crippen molar-refractivity contribution in [1.82, 2.24) is 5.32 Å². The van der Waals surface area contributed by atoms with Crippen LogP contribution < -0.4 is 10.1 Å². The van der Waals surface area contributed by atoms with Gasteiger partial charge in [0.2, 0.25) is 0 Å². The lowest BCUT2D eigenvalue weighted by atomic mass is 9.62. The molecule has 3 heteroatoms. The molecule has 0 bridgehead atoms. The Morgan fingerprint density at radius 2 is 1.34 bits per heavy atom. The average molecular weight is 721 g/mol. The number of nitrogens with one attached hydrogen (secondary N) is 1. The fourth-order valence-electron chi connectivity index (χ4n) is 9.98. The van der Waals surface area contributed by atoms with Gasteiger partial charge in [-0.2, -0.15) is 0 Å². The van der Waals surface area contributed by atoms with E-state index in [4.69, 9.17) is 9.73 Å². The highest BCUT2D eigenvalue weighted by Gasteiger charge is 2.56. The lowest BCUT2D eigenvalue weighted by Crippen LogP contribution is -2.37. The van der Waals surface area contributed by atoms with E-state index in [1.165, 1.54) is 50.1 Å². The van der Waals surface area contributed by atoms with E-state index in [0.717, 1.165) is 47.0 Å². The van der Waals surface area contributed by atoms with Gasteiger partial charge in [-0.15, -0.1) is 0 Å². The van der Waals surface area contributed by atoms with Crippen LogP contribution in [0.25, 0.3) is 22.4 Å². The molecule has 268 valence electrons. The minimum atomic E-state index is -0.366. The number of rotatable bonds is 5. The minimum Gasteiger partial charge on any atom is -0.457 e. The normalized spacial score (nSPS) is 22.6. The molecule has 0 fully saturated rings. The van der Waals surface area contributed by atoms with Crippen molar-refractivity contribution in [3.8, 4) is 22.6 Å². The number of benzene rings is 6. The molecule has 3 nitrogen and oxygen atoms in total. The van der Waals surface area contributed by atoms with Crippen LogP contribution in [-0.2, 0) is 5.41 Å². The lowest BCUT2D eigenvalue weighted by molar-refractivity contribution is 0.374. The van der Waals surface area contributed by atoms with Crippen LogP contribution in [0, 0.1) is 5.92 Å². The number of hydrogen-bond acceptors (Lipinski definition) is 3. The molecule has 6 aromatic rings. The van der Waals surface area contributed by atoms with Crippen LogP contribution in [0.15, 0.2) is 205 Å². The van der Waals surface area contributed by atoms with Gasteiger partial charge < -0.3 is 10.1 Å². The third kappa shape index (κ3) is 5.08. The van der Waals surface area contributed by atoms with Crippen LogP contribution in [0.4, 0.5) is 0 Å². The summed E-state index contributed by atoms with van der Waals surface area (Å²) in [7, 11) is 0. The van der Waals surface area contributed by atoms with E-state index in [1.54, 1.807) is 0 Å². The van der Waals surface area contributed by atoms with E-state index in [0.29, 0.717) is 5.92 Å². The fourth-order valence-corrected chi connectivity index (χ4v) is 9.98. The minimum absolute atomic E-state index is 0.0432. The summed E-state index contributed by atoms with van der Waals surface area (Å²) in [5, 5.41) is 3.89. The molecule has 56 heavy (non-hydrogen) atoms. The molecule has 3 aliphatic carbocycles. The van der Waals surface area contributed by atoms with Gasteiger partial charge in [-0.3, -0.25) is 0 Å². The molecule has 5 aliphatic rings. The molecule has 4 unspecified atom stereocenters. The molecular weight excluding hydrogens is 681 g/mol. The highest BCUT2D eigenvalue weighted by molar-refractivity contribution is 6.10. The molecule has 1 spiro atoms. The summed E-state index contributed by atoms with van der Waals surface area (Å²) in [5.74, 6) is 3.31. The van der Waals surface area contributed by atoms with Gasteiger partial charge in [0.15, 0.2) is 0 Å². The molecule has 4 atom stereocenters. The second kappa shape index (κ2) is 13.2. The zero-order chi connectivity index (χ0) is 37.1.